The minimum absolute atomic E-state index is 0.400. The van der Waals surface area contributed by atoms with Crippen LogP contribution in [-0.2, 0) is 21.2 Å². The predicted octanol–water partition coefficient (Wildman–Crippen LogP) is 1.07. The Balaban J connectivity index is 1.90. The highest BCUT2D eigenvalue weighted by atomic mass is 32.2. The van der Waals surface area contributed by atoms with Crippen LogP contribution in [0, 0.1) is 0 Å². The molecule has 1 aromatic carbocycles. The molecule has 6 heteroatoms. The maximum absolute atomic E-state index is 12.6. The van der Waals surface area contributed by atoms with Crippen LogP contribution >= 0.6 is 0 Å². The molecule has 0 radical (unpaired) electrons. The van der Waals surface area contributed by atoms with Crippen molar-refractivity contribution in [3.8, 4) is 0 Å². The molecular formula is C13H18N2O3S. The van der Waals surface area contributed by atoms with Crippen LogP contribution in [0.4, 0.5) is 5.69 Å². The first-order valence-electron chi connectivity index (χ1n) is 6.62. The van der Waals surface area contributed by atoms with Crippen molar-refractivity contribution in [2.75, 3.05) is 38.2 Å². The summed E-state index contributed by atoms with van der Waals surface area (Å²) in [7, 11) is -3.38. The number of fused-ring (bicyclic) bond motifs is 1. The van der Waals surface area contributed by atoms with Gasteiger partial charge in [-0.05, 0) is 36.6 Å². The number of hydrogen-bond acceptors (Lipinski definition) is 4. The highest BCUT2D eigenvalue weighted by Gasteiger charge is 2.26. The molecule has 0 spiro atoms. The summed E-state index contributed by atoms with van der Waals surface area (Å²) in [6.07, 6.45) is 1.65. The number of nitrogens with one attached hydrogen (secondary N) is 1. The summed E-state index contributed by atoms with van der Waals surface area (Å²) in [5, 5.41) is 3.24. The van der Waals surface area contributed by atoms with Gasteiger partial charge in [-0.1, -0.05) is 0 Å². The summed E-state index contributed by atoms with van der Waals surface area (Å²) in [5.41, 5.74) is 2.14. The third-order valence-electron chi connectivity index (χ3n) is 3.61. The van der Waals surface area contributed by atoms with Gasteiger partial charge in [-0.15, -0.1) is 0 Å². The fourth-order valence-electron chi connectivity index (χ4n) is 2.55. The number of benzene rings is 1. The Morgan fingerprint density at radius 2 is 2.11 bits per heavy atom. The van der Waals surface area contributed by atoms with E-state index in [1.165, 1.54) is 4.31 Å². The van der Waals surface area contributed by atoms with E-state index >= 15 is 0 Å². The third-order valence-corrected chi connectivity index (χ3v) is 5.50. The summed E-state index contributed by atoms with van der Waals surface area (Å²) in [6, 6.07) is 5.36. The fourth-order valence-corrected chi connectivity index (χ4v) is 4.07. The molecule has 3 rings (SSSR count). The zero-order valence-corrected chi connectivity index (χ0v) is 11.6. The average Bonchev–Trinajstić information content (AvgIpc) is 2.69. The lowest BCUT2D eigenvalue weighted by Crippen LogP contribution is -2.33. The Kier molecular flexibility index (Phi) is 3.47. The molecule has 1 fully saturated rings. The minimum atomic E-state index is -3.38. The first-order chi connectivity index (χ1) is 9.18. The van der Waals surface area contributed by atoms with Crippen molar-refractivity contribution in [1.82, 2.24) is 4.31 Å². The highest BCUT2D eigenvalue weighted by molar-refractivity contribution is 7.89. The summed E-state index contributed by atoms with van der Waals surface area (Å²) >= 11 is 0. The monoisotopic (exact) mass is 282 g/mol. The predicted molar refractivity (Wildman–Crippen MR) is 72.8 cm³/mol. The van der Waals surface area contributed by atoms with Gasteiger partial charge in [0.25, 0.3) is 0 Å². The summed E-state index contributed by atoms with van der Waals surface area (Å²) in [4.78, 5) is 0.400. The van der Waals surface area contributed by atoms with Gasteiger partial charge in [0, 0.05) is 31.9 Å². The number of sulfonamides is 1. The maximum atomic E-state index is 12.6. The topological polar surface area (TPSA) is 58.6 Å². The summed E-state index contributed by atoms with van der Waals surface area (Å²) in [5.74, 6) is 0. The third kappa shape index (κ3) is 2.48. The Labute approximate surface area is 113 Å². The second kappa shape index (κ2) is 5.11. The maximum Gasteiger partial charge on any atom is 0.243 e. The molecule has 5 nitrogen and oxygen atoms in total. The van der Waals surface area contributed by atoms with Gasteiger partial charge in [0.2, 0.25) is 10.0 Å². The van der Waals surface area contributed by atoms with Gasteiger partial charge in [-0.3, -0.25) is 0 Å². The molecule has 0 amide bonds. The molecule has 1 N–H and O–H groups in total. The van der Waals surface area contributed by atoms with Crippen molar-refractivity contribution >= 4 is 15.7 Å². The molecule has 2 aliphatic rings. The van der Waals surface area contributed by atoms with Crippen LogP contribution in [0.3, 0.4) is 0 Å². The van der Waals surface area contributed by atoms with Gasteiger partial charge in [0.15, 0.2) is 0 Å². The lowest BCUT2D eigenvalue weighted by atomic mass is 10.2. The quantitative estimate of drug-likeness (QED) is 0.881. The van der Waals surface area contributed by atoms with E-state index in [1.54, 1.807) is 12.1 Å². The lowest BCUT2D eigenvalue weighted by Gasteiger charge is -2.19. The van der Waals surface area contributed by atoms with Gasteiger partial charge in [0.05, 0.1) is 11.5 Å². The molecule has 0 unspecified atom stereocenters. The van der Waals surface area contributed by atoms with Crippen molar-refractivity contribution in [3.05, 3.63) is 23.8 Å². The van der Waals surface area contributed by atoms with Crippen molar-refractivity contribution < 1.29 is 13.2 Å². The molecule has 2 aliphatic heterocycles. The van der Waals surface area contributed by atoms with E-state index < -0.39 is 10.0 Å². The summed E-state index contributed by atoms with van der Waals surface area (Å²) < 4.78 is 32.0. The van der Waals surface area contributed by atoms with Crippen LogP contribution < -0.4 is 5.32 Å². The second-order valence-corrected chi connectivity index (χ2v) is 6.80. The largest absolute Gasteiger partial charge is 0.384 e. The van der Waals surface area contributed by atoms with E-state index in [4.69, 9.17) is 4.74 Å². The Morgan fingerprint density at radius 1 is 1.21 bits per heavy atom. The molecule has 0 saturated carbocycles. The highest BCUT2D eigenvalue weighted by Crippen LogP contribution is 2.26. The second-order valence-electron chi connectivity index (χ2n) is 4.87. The first-order valence-corrected chi connectivity index (χ1v) is 8.07. The standard InChI is InChI=1S/C13H18N2O3S/c16-19(17,15-6-1-8-18-9-7-15)12-2-3-13-11(10-12)4-5-14-13/h2-3,10,14H,1,4-9H2. The number of hydrogen-bond donors (Lipinski definition) is 1. The molecule has 0 atom stereocenters. The summed E-state index contributed by atoms with van der Waals surface area (Å²) in [6.45, 7) is 2.98. The van der Waals surface area contributed by atoms with Crippen molar-refractivity contribution in [2.45, 2.75) is 17.7 Å². The molecule has 104 valence electrons. The van der Waals surface area contributed by atoms with Gasteiger partial charge in [-0.25, -0.2) is 8.42 Å². The molecule has 0 aliphatic carbocycles. The van der Waals surface area contributed by atoms with Gasteiger partial charge in [-0.2, -0.15) is 4.31 Å². The number of ether oxygens (including phenoxy) is 1. The van der Waals surface area contributed by atoms with Gasteiger partial charge >= 0.3 is 0 Å². The number of rotatable bonds is 2. The van der Waals surface area contributed by atoms with E-state index in [2.05, 4.69) is 5.32 Å². The van der Waals surface area contributed by atoms with E-state index in [9.17, 15) is 8.42 Å². The van der Waals surface area contributed by atoms with Crippen LogP contribution in [0.2, 0.25) is 0 Å². The number of nitrogens with zero attached hydrogens (tertiary/aromatic N) is 1. The molecular weight excluding hydrogens is 264 g/mol. The molecule has 2 heterocycles. The van der Waals surface area contributed by atoms with Crippen molar-refractivity contribution in [1.29, 1.82) is 0 Å². The minimum Gasteiger partial charge on any atom is -0.384 e. The fraction of sp³-hybridized carbons (Fsp3) is 0.538. The average molecular weight is 282 g/mol. The van der Waals surface area contributed by atoms with E-state index in [1.807, 2.05) is 6.07 Å². The van der Waals surface area contributed by atoms with E-state index in [0.717, 1.165) is 30.6 Å². The van der Waals surface area contributed by atoms with Crippen LogP contribution in [0.1, 0.15) is 12.0 Å². The molecule has 19 heavy (non-hydrogen) atoms. The van der Waals surface area contributed by atoms with Crippen LogP contribution in [0.15, 0.2) is 23.1 Å². The SMILES string of the molecule is O=S(=O)(c1ccc2c(c1)CCN2)N1CCCOCC1. The van der Waals surface area contributed by atoms with Crippen molar-refractivity contribution in [2.24, 2.45) is 0 Å². The van der Waals surface area contributed by atoms with Gasteiger partial charge in [0.1, 0.15) is 0 Å². The van der Waals surface area contributed by atoms with Crippen LogP contribution in [0.5, 0.6) is 0 Å². The van der Waals surface area contributed by atoms with Crippen LogP contribution in [0.25, 0.3) is 0 Å². The first kappa shape index (κ1) is 12.9. The normalized spacial score (nSPS) is 20.6. The zero-order valence-electron chi connectivity index (χ0n) is 10.8. The van der Waals surface area contributed by atoms with E-state index in [0.29, 0.717) is 31.2 Å². The molecule has 1 saturated heterocycles. The van der Waals surface area contributed by atoms with Gasteiger partial charge < -0.3 is 10.1 Å². The Bertz CT molecular complexity index is 563. The Morgan fingerprint density at radius 3 is 3.00 bits per heavy atom. The van der Waals surface area contributed by atoms with Crippen LogP contribution in [-0.4, -0.2) is 45.6 Å². The smallest absolute Gasteiger partial charge is 0.243 e. The lowest BCUT2D eigenvalue weighted by molar-refractivity contribution is 0.148. The van der Waals surface area contributed by atoms with E-state index in [-0.39, 0.29) is 0 Å². The van der Waals surface area contributed by atoms with Crippen molar-refractivity contribution in [3.63, 3.8) is 0 Å². The molecule has 0 bridgehead atoms. The molecule has 1 aromatic rings. The Hall–Kier alpha value is -1.11. The molecule has 0 aromatic heterocycles. The zero-order chi connectivity index (χ0) is 13.3. The number of anilines is 1.